The normalized spacial score (nSPS) is 19.9. The number of hydrogen-bond acceptors (Lipinski definition) is 4. The molecule has 1 unspecified atom stereocenters. The highest BCUT2D eigenvalue weighted by atomic mass is 35.5. The van der Waals surface area contributed by atoms with Crippen LogP contribution in [-0.2, 0) is 6.61 Å². The van der Waals surface area contributed by atoms with Crippen LogP contribution in [0.4, 0.5) is 5.82 Å². The maximum Gasteiger partial charge on any atom is 0.128 e. The SMILES string of the molecule is OCCC1CCN(c2cc(CO)c(Cl)cn2)C1. The molecule has 5 heteroatoms. The highest BCUT2D eigenvalue weighted by Gasteiger charge is 2.23. The molecule has 1 aliphatic rings. The van der Waals surface area contributed by atoms with E-state index in [0.29, 0.717) is 16.5 Å². The lowest BCUT2D eigenvalue weighted by molar-refractivity contribution is 0.263. The van der Waals surface area contributed by atoms with E-state index in [1.54, 1.807) is 6.20 Å². The first-order valence-electron chi connectivity index (χ1n) is 5.85. The Balaban J connectivity index is 2.08. The summed E-state index contributed by atoms with van der Waals surface area (Å²) in [6, 6.07) is 1.84. The molecule has 0 saturated carbocycles. The van der Waals surface area contributed by atoms with Crippen molar-refractivity contribution in [2.24, 2.45) is 5.92 Å². The maximum atomic E-state index is 9.16. The van der Waals surface area contributed by atoms with Gasteiger partial charge in [-0.25, -0.2) is 4.98 Å². The monoisotopic (exact) mass is 256 g/mol. The molecule has 1 atom stereocenters. The summed E-state index contributed by atoms with van der Waals surface area (Å²) in [6.45, 7) is 2.04. The Labute approximate surface area is 106 Å². The van der Waals surface area contributed by atoms with E-state index in [2.05, 4.69) is 9.88 Å². The number of pyridine rings is 1. The van der Waals surface area contributed by atoms with Crippen LogP contribution >= 0.6 is 11.6 Å². The van der Waals surface area contributed by atoms with E-state index in [-0.39, 0.29) is 13.2 Å². The molecule has 1 fully saturated rings. The molecule has 0 radical (unpaired) electrons. The average molecular weight is 257 g/mol. The molecule has 2 heterocycles. The Hall–Kier alpha value is -0.840. The van der Waals surface area contributed by atoms with Gasteiger partial charge in [0.2, 0.25) is 0 Å². The summed E-state index contributed by atoms with van der Waals surface area (Å²) in [6.07, 6.45) is 3.51. The minimum Gasteiger partial charge on any atom is -0.396 e. The number of rotatable bonds is 4. The van der Waals surface area contributed by atoms with Crippen molar-refractivity contribution in [1.82, 2.24) is 4.98 Å². The summed E-state index contributed by atoms with van der Waals surface area (Å²) in [5, 5.41) is 18.6. The summed E-state index contributed by atoms with van der Waals surface area (Å²) in [4.78, 5) is 6.46. The van der Waals surface area contributed by atoms with Crippen LogP contribution in [0.3, 0.4) is 0 Å². The largest absolute Gasteiger partial charge is 0.396 e. The van der Waals surface area contributed by atoms with Gasteiger partial charge in [-0.2, -0.15) is 0 Å². The molecule has 0 amide bonds. The van der Waals surface area contributed by atoms with Gasteiger partial charge in [0.05, 0.1) is 11.6 Å². The molecule has 1 saturated heterocycles. The van der Waals surface area contributed by atoms with E-state index in [9.17, 15) is 0 Å². The van der Waals surface area contributed by atoms with Gasteiger partial charge in [-0.3, -0.25) is 0 Å². The van der Waals surface area contributed by atoms with Crippen LogP contribution in [0.5, 0.6) is 0 Å². The van der Waals surface area contributed by atoms with Crippen LogP contribution in [0.2, 0.25) is 5.02 Å². The number of aliphatic hydroxyl groups excluding tert-OH is 2. The third-order valence-electron chi connectivity index (χ3n) is 3.24. The van der Waals surface area contributed by atoms with Gasteiger partial charge >= 0.3 is 0 Å². The molecule has 0 aliphatic carbocycles. The number of aromatic nitrogens is 1. The van der Waals surface area contributed by atoms with Gasteiger partial charge in [-0.1, -0.05) is 11.6 Å². The zero-order valence-electron chi connectivity index (χ0n) is 9.64. The van der Waals surface area contributed by atoms with E-state index in [1.165, 1.54) is 0 Å². The summed E-state index contributed by atoms with van der Waals surface area (Å²) >= 11 is 5.91. The van der Waals surface area contributed by atoms with Crippen molar-refractivity contribution in [3.63, 3.8) is 0 Å². The van der Waals surface area contributed by atoms with Gasteiger partial charge in [0, 0.05) is 31.5 Å². The highest BCUT2D eigenvalue weighted by molar-refractivity contribution is 6.31. The lowest BCUT2D eigenvalue weighted by atomic mass is 10.1. The first-order valence-corrected chi connectivity index (χ1v) is 6.23. The van der Waals surface area contributed by atoms with Crippen molar-refractivity contribution in [2.45, 2.75) is 19.4 Å². The van der Waals surface area contributed by atoms with E-state index in [4.69, 9.17) is 21.8 Å². The van der Waals surface area contributed by atoms with Crippen LogP contribution in [0.1, 0.15) is 18.4 Å². The molecular weight excluding hydrogens is 240 g/mol. The Morgan fingerprint density at radius 1 is 1.47 bits per heavy atom. The maximum absolute atomic E-state index is 9.16. The second-order valence-corrected chi connectivity index (χ2v) is 4.81. The number of nitrogens with zero attached hydrogens (tertiary/aromatic N) is 2. The Morgan fingerprint density at radius 3 is 3.00 bits per heavy atom. The van der Waals surface area contributed by atoms with Crippen LogP contribution in [0, 0.1) is 5.92 Å². The molecule has 2 N–H and O–H groups in total. The number of halogens is 1. The third kappa shape index (κ3) is 2.89. The van der Waals surface area contributed by atoms with Crippen molar-refractivity contribution in [3.05, 3.63) is 22.8 Å². The number of anilines is 1. The number of hydrogen-bond donors (Lipinski definition) is 2. The minimum atomic E-state index is -0.0672. The van der Waals surface area contributed by atoms with Crippen molar-refractivity contribution < 1.29 is 10.2 Å². The molecule has 1 aromatic heterocycles. The first kappa shape index (κ1) is 12.6. The van der Waals surface area contributed by atoms with E-state index < -0.39 is 0 Å². The van der Waals surface area contributed by atoms with Crippen molar-refractivity contribution >= 4 is 17.4 Å². The fourth-order valence-electron chi connectivity index (χ4n) is 2.22. The fourth-order valence-corrected chi connectivity index (χ4v) is 2.38. The standard InChI is InChI=1S/C12H17ClN2O2/c13-11-6-14-12(5-10(11)8-17)15-3-1-9(7-15)2-4-16/h5-6,9,16-17H,1-4,7-8H2. The molecule has 17 heavy (non-hydrogen) atoms. The molecule has 2 rings (SSSR count). The molecular formula is C12H17ClN2O2. The molecule has 1 aromatic rings. The second kappa shape index (κ2) is 5.67. The smallest absolute Gasteiger partial charge is 0.128 e. The van der Waals surface area contributed by atoms with Gasteiger partial charge in [0.1, 0.15) is 5.82 Å². The van der Waals surface area contributed by atoms with Gasteiger partial charge in [0.15, 0.2) is 0 Å². The van der Waals surface area contributed by atoms with Crippen molar-refractivity contribution in [2.75, 3.05) is 24.6 Å². The van der Waals surface area contributed by atoms with Crippen molar-refractivity contribution in [1.29, 1.82) is 0 Å². The molecule has 94 valence electrons. The van der Waals surface area contributed by atoms with Gasteiger partial charge in [0.25, 0.3) is 0 Å². The highest BCUT2D eigenvalue weighted by Crippen LogP contribution is 2.26. The van der Waals surface area contributed by atoms with E-state index in [0.717, 1.165) is 31.7 Å². The zero-order valence-corrected chi connectivity index (χ0v) is 10.4. The average Bonchev–Trinajstić information content (AvgIpc) is 2.79. The van der Waals surface area contributed by atoms with Gasteiger partial charge in [-0.05, 0) is 24.8 Å². The summed E-state index contributed by atoms with van der Waals surface area (Å²) in [7, 11) is 0. The topological polar surface area (TPSA) is 56.6 Å². The van der Waals surface area contributed by atoms with E-state index >= 15 is 0 Å². The third-order valence-corrected chi connectivity index (χ3v) is 3.58. The number of aliphatic hydroxyl groups is 2. The molecule has 0 bridgehead atoms. The quantitative estimate of drug-likeness (QED) is 0.856. The fraction of sp³-hybridized carbons (Fsp3) is 0.583. The minimum absolute atomic E-state index is 0.0672. The first-order chi connectivity index (χ1) is 8.24. The summed E-state index contributed by atoms with van der Waals surface area (Å²) in [5.74, 6) is 1.40. The second-order valence-electron chi connectivity index (χ2n) is 4.41. The summed E-state index contributed by atoms with van der Waals surface area (Å²) in [5.41, 5.74) is 0.710. The zero-order chi connectivity index (χ0) is 12.3. The summed E-state index contributed by atoms with van der Waals surface area (Å²) < 4.78 is 0. The van der Waals surface area contributed by atoms with Crippen LogP contribution in [-0.4, -0.2) is 34.9 Å². The van der Waals surface area contributed by atoms with Gasteiger partial charge in [-0.15, -0.1) is 0 Å². The lowest BCUT2D eigenvalue weighted by Crippen LogP contribution is -2.21. The van der Waals surface area contributed by atoms with Crippen molar-refractivity contribution in [3.8, 4) is 0 Å². The molecule has 4 nitrogen and oxygen atoms in total. The molecule has 0 aromatic carbocycles. The molecule has 0 spiro atoms. The van der Waals surface area contributed by atoms with Crippen LogP contribution < -0.4 is 4.90 Å². The predicted molar refractivity (Wildman–Crippen MR) is 67.2 cm³/mol. The Bertz CT molecular complexity index is 387. The van der Waals surface area contributed by atoms with Crippen LogP contribution in [0.25, 0.3) is 0 Å². The predicted octanol–water partition coefficient (Wildman–Crippen LogP) is 1.44. The Morgan fingerprint density at radius 2 is 2.29 bits per heavy atom. The Kier molecular flexibility index (Phi) is 4.20. The van der Waals surface area contributed by atoms with E-state index in [1.807, 2.05) is 6.07 Å². The van der Waals surface area contributed by atoms with Crippen LogP contribution in [0.15, 0.2) is 12.3 Å². The lowest BCUT2D eigenvalue weighted by Gasteiger charge is -2.18. The van der Waals surface area contributed by atoms with Gasteiger partial charge < -0.3 is 15.1 Å². The molecule has 1 aliphatic heterocycles.